The van der Waals surface area contributed by atoms with Gasteiger partial charge in [0.2, 0.25) is 0 Å². The second kappa shape index (κ2) is 8.06. The topological polar surface area (TPSA) is 76.1 Å². The van der Waals surface area contributed by atoms with Gasteiger partial charge in [-0.25, -0.2) is 0 Å². The molecular formula is C13H27BrNO5P. The van der Waals surface area contributed by atoms with Crippen LogP contribution in [0.3, 0.4) is 0 Å². The molecule has 0 fully saturated rings. The van der Waals surface area contributed by atoms with Gasteiger partial charge in [0.1, 0.15) is 6.29 Å². The summed E-state index contributed by atoms with van der Waals surface area (Å²) in [6, 6.07) is 0. The average Bonchev–Trinajstić information content (AvgIpc) is 2.08. The highest BCUT2D eigenvalue weighted by atomic mass is 79.9. The van der Waals surface area contributed by atoms with Gasteiger partial charge in [0.05, 0.1) is 17.7 Å². The Morgan fingerprint density at radius 1 is 1.14 bits per heavy atom. The molecule has 0 unspecified atom stereocenters. The smallest absolute Gasteiger partial charge is 0.345 e. The van der Waals surface area contributed by atoms with Crippen molar-refractivity contribution in [3.8, 4) is 0 Å². The van der Waals surface area contributed by atoms with Crippen molar-refractivity contribution >= 4 is 29.5 Å². The Kier molecular flexibility index (Phi) is 8.09. The first-order chi connectivity index (χ1) is 9.26. The van der Waals surface area contributed by atoms with E-state index in [-0.39, 0.29) is 12.8 Å². The van der Waals surface area contributed by atoms with Crippen molar-refractivity contribution in [1.82, 2.24) is 4.90 Å². The fourth-order valence-corrected chi connectivity index (χ4v) is 4.72. The molecule has 0 aliphatic carbocycles. The number of hydrogen-bond donors (Lipinski definition) is 1. The second-order valence-electron chi connectivity index (χ2n) is 6.79. The van der Waals surface area contributed by atoms with Crippen molar-refractivity contribution < 1.29 is 23.5 Å². The Morgan fingerprint density at radius 2 is 1.57 bits per heavy atom. The van der Waals surface area contributed by atoms with Gasteiger partial charge < -0.3 is 14.2 Å². The highest BCUT2D eigenvalue weighted by Crippen LogP contribution is 2.54. The van der Waals surface area contributed by atoms with Crippen molar-refractivity contribution in [3.05, 3.63) is 0 Å². The second-order valence-corrected chi connectivity index (χ2v) is 9.46. The van der Waals surface area contributed by atoms with Gasteiger partial charge in [0, 0.05) is 11.9 Å². The number of nitrogens with zero attached hydrogens (tertiary/aromatic N) is 1. The monoisotopic (exact) mass is 387 g/mol. The number of halogens is 1. The molecule has 0 spiro atoms. The van der Waals surface area contributed by atoms with Gasteiger partial charge in [-0.1, -0.05) is 15.9 Å². The minimum atomic E-state index is -3.46. The molecule has 0 atom stereocenters. The largest absolute Gasteiger partial charge is 0.480 e. The molecule has 0 aromatic carbocycles. The van der Waals surface area contributed by atoms with E-state index >= 15 is 0 Å². The molecule has 0 heterocycles. The normalized spacial score (nSPS) is 13.7. The van der Waals surface area contributed by atoms with Gasteiger partial charge >= 0.3 is 13.6 Å². The van der Waals surface area contributed by atoms with Gasteiger partial charge in [-0.15, -0.1) is 0 Å². The van der Waals surface area contributed by atoms with Crippen LogP contribution in [0.25, 0.3) is 0 Å². The predicted molar refractivity (Wildman–Crippen MR) is 87.2 cm³/mol. The Bertz CT molecular complexity index is 369. The van der Waals surface area contributed by atoms with Crippen LogP contribution in [0.15, 0.2) is 0 Å². The van der Waals surface area contributed by atoms with Crippen molar-refractivity contribution in [3.63, 3.8) is 0 Å². The summed E-state index contributed by atoms with van der Waals surface area (Å²) in [4.78, 5) is 12.5. The SMILES string of the molecule is CC(C)(C)OP(=O)(CN(CCBr)CC(=O)O)OC(C)(C)C. The lowest BCUT2D eigenvalue weighted by Gasteiger charge is -2.34. The minimum Gasteiger partial charge on any atom is -0.480 e. The maximum Gasteiger partial charge on any atom is 0.345 e. The van der Waals surface area contributed by atoms with E-state index in [0.717, 1.165) is 0 Å². The summed E-state index contributed by atoms with van der Waals surface area (Å²) in [6.07, 6.45) is -0.0561. The predicted octanol–water partition coefficient (Wildman–Crippen LogP) is 3.55. The van der Waals surface area contributed by atoms with Crippen LogP contribution in [0.5, 0.6) is 0 Å². The first-order valence-electron chi connectivity index (χ1n) is 6.77. The third kappa shape index (κ3) is 11.3. The molecule has 0 bridgehead atoms. The lowest BCUT2D eigenvalue weighted by atomic mass is 10.2. The number of aliphatic carboxylic acids is 1. The van der Waals surface area contributed by atoms with Gasteiger partial charge in [-0.3, -0.25) is 14.3 Å². The van der Waals surface area contributed by atoms with Crippen LogP contribution in [0.2, 0.25) is 0 Å². The van der Waals surface area contributed by atoms with Crippen LogP contribution in [-0.4, -0.2) is 51.9 Å². The van der Waals surface area contributed by atoms with Crippen molar-refractivity contribution in [2.45, 2.75) is 52.7 Å². The minimum absolute atomic E-state index is 0.0561. The molecule has 6 nitrogen and oxygen atoms in total. The van der Waals surface area contributed by atoms with Crippen LogP contribution in [0.1, 0.15) is 41.5 Å². The summed E-state index contributed by atoms with van der Waals surface area (Å²) < 4.78 is 24.3. The van der Waals surface area contributed by atoms with E-state index in [2.05, 4.69) is 15.9 Å². The van der Waals surface area contributed by atoms with Crippen molar-refractivity contribution in [1.29, 1.82) is 0 Å². The summed E-state index contributed by atoms with van der Waals surface area (Å²) in [5, 5.41) is 9.52. The molecule has 126 valence electrons. The lowest BCUT2D eigenvalue weighted by molar-refractivity contribution is -0.138. The van der Waals surface area contributed by atoms with Gasteiger partial charge in [0.25, 0.3) is 0 Å². The third-order valence-corrected chi connectivity index (χ3v) is 4.71. The van der Waals surface area contributed by atoms with Crippen LogP contribution in [0.4, 0.5) is 0 Å². The fraction of sp³-hybridized carbons (Fsp3) is 0.923. The Balaban J connectivity index is 5.18. The molecule has 0 rings (SSSR count). The molecule has 21 heavy (non-hydrogen) atoms. The van der Waals surface area contributed by atoms with E-state index < -0.39 is 24.8 Å². The summed E-state index contributed by atoms with van der Waals surface area (Å²) in [5.74, 6) is -0.978. The zero-order valence-electron chi connectivity index (χ0n) is 13.7. The standard InChI is InChI=1S/C13H27BrNO5P/c1-12(2,3)19-21(18,20-13(4,5)6)10-15(8-7-14)9-11(16)17/h7-10H2,1-6H3,(H,16,17). The first kappa shape index (κ1) is 21.1. The highest BCUT2D eigenvalue weighted by molar-refractivity contribution is 9.09. The Hall–Kier alpha value is 0.0600. The number of rotatable bonds is 8. The molecular weight excluding hydrogens is 361 g/mol. The molecule has 0 saturated heterocycles. The Labute approximate surface area is 135 Å². The van der Waals surface area contributed by atoms with Crippen LogP contribution in [0, 0.1) is 0 Å². The van der Waals surface area contributed by atoms with Gasteiger partial charge in [-0.2, -0.15) is 0 Å². The van der Waals surface area contributed by atoms with Gasteiger partial charge in [0.15, 0.2) is 0 Å². The van der Waals surface area contributed by atoms with E-state index in [1.165, 1.54) is 0 Å². The van der Waals surface area contributed by atoms with E-state index in [9.17, 15) is 9.36 Å². The molecule has 0 aromatic heterocycles. The molecule has 0 aliphatic heterocycles. The molecule has 0 aliphatic rings. The number of carboxylic acids is 1. The lowest BCUT2D eigenvalue weighted by Crippen LogP contribution is -2.35. The Morgan fingerprint density at radius 3 is 1.86 bits per heavy atom. The highest BCUT2D eigenvalue weighted by Gasteiger charge is 2.37. The number of alkyl halides is 1. The molecule has 0 radical (unpaired) electrons. The van der Waals surface area contributed by atoms with Crippen molar-refractivity contribution in [2.75, 3.05) is 24.7 Å². The van der Waals surface area contributed by atoms with Crippen molar-refractivity contribution in [2.24, 2.45) is 0 Å². The maximum absolute atomic E-state index is 13.0. The van der Waals surface area contributed by atoms with E-state index in [1.54, 1.807) is 46.4 Å². The zero-order valence-corrected chi connectivity index (χ0v) is 16.2. The zero-order chi connectivity index (χ0) is 16.9. The summed E-state index contributed by atoms with van der Waals surface area (Å²) >= 11 is 3.26. The summed E-state index contributed by atoms with van der Waals surface area (Å²) in [5.41, 5.74) is -1.30. The summed E-state index contributed by atoms with van der Waals surface area (Å²) in [6.45, 7) is 11.0. The van der Waals surface area contributed by atoms with Gasteiger partial charge in [-0.05, 0) is 41.5 Å². The van der Waals surface area contributed by atoms with E-state index in [1.807, 2.05) is 0 Å². The quantitative estimate of drug-likeness (QED) is 0.506. The number of carbonyl (C=O) groups is 1. The molecule has 0 saturated carbocycles. The summed E-state index contributed by atoms with van der Waals surface area (Å²) in [7, 11) is -3.46. The average molecular weight is 388 g/mol. The van der Waals surface area contributed by atoms with Crippen LogP contribution >= 0.6 is 23.5 Å². The molecule has 8 heteroatoms. The van der Waals surface area contributed by atoms with Crippen LogP contribution in [-0.2, 0) is 18.4 Å². The fourth-order valence-electron chi connectivity index (χ4n) is 1.67. The first-order valence-corrected chi connectivity index (χ1v) is 9.62. The van der Waals surface area contributed by atoms with E-state index in [4.69, 9.17) is 14.2 Å². The van der Waals surface area contributed by atoms with E-state index in [0.29, 0.717) is 11.9 Å². The number of hydrogen-bond acceptors (Lipinski definition) is 5. The molecule has 1 N–H and O–H groups in total. The maximum atomic E-state index is 13.0. The third-order valence-electron chi connectivity index (χ3n) is 1.96. The number of carboxylic acid groups (broad SMARTS) is 1. The molecule has 0 aromatic rings. The van der Waals surface area contributed by atoms with Crippen LogP contribution < -0.4 is 0 Å². The molecule has 0 amide bonds.